The predicted octanol–water partition coefficient (Wildman–Crippen LogP) is 8.92. The molecule has 0 N–H and O–H groups in total. The van der Waals surface area contributed by atoms with Gasteiger partial charge in [-0.05, 0) is 73.2 Å². The summed E-state index contributed by atoms with van der Waals surface area (Å²) in [4.78, 5) is 14.5. The maximum Gasteiger partial charge on any atom is 0.0849 e. The molecule has 0 radical (unpaired) electrons. The van der Waals surface area contributed by atoms with Gasteiger partial charge in [0, 0.05) is 10.0 Å². The molecule has 166 valence electrons. The van der Waals surface area contributed by atoms with Crippen molar-refractivity contribution in [1.82, 2.24) is 4.98 Å². The summed E-state index contributed by atoms with van der Waals surface area (Å²) in [5, 5.41) is 1.35. The second-order valence-electron chi connectivity index (χ2n) is 8.52. The van der Waals surface area contributed by atoms with Crippen molar-refractivity contribution in [3.8, 4) is 0 Å². The first-order valence-electron chi connectivity index (χ1n) is 10.8. The van der Waals surface area contributed by atoms with E-state index in [0.717, 1.165) is 45.3 Å². The highest BCUT2D eigenvalue weighted by molar-refractivity contribution is 6.31. The molecule has 3 aromatic rings. The second kappa shape index (κ2) is 10.4. The van der Waals surface area contributed by atoms with E-state index in [-0.39, 0.29) is 0 Å². The van der Waals surface area contributed by atoms with E-state index in [9.17, 15) is 0 Å². The van der Waals surface area contributed by atoms with Gasteiger partial charge in [0.2, 0.25) is 0 Å². The minimum Gasteiger partial charge on any atom is -0.251 e. The van der Waals surface area contributed by atoms with Crippen molar-refractivity contribution >= 4 is 46.0 Å². The predicted molar refractivity (Wildman–Crippen MR) is 139 cm³/mol. The number of nitrogens with zero attached hydrogens (tertiary/aromatic N) is 3. The molecular weight excluding hydrogens is 437 g/mol. The molecule has 1 heterocycles. The number of rotatable bonds is 6. The Morgan fingerprint density at radius 1 is 0.688 bits per heavy atom. The molecule has 32 heavy (non-hydrogen) atoms. The minimum absolute atomic E-state index is 0.348. The van der Waals surface area contributed by atoms with Gasteiger partial charge in [-0.2, -0.15) is 0 Å². The smallest absolute Gasteiger partial charge is 0.0849 e. The number of aliphatic imine (C=N–C) groups is 2. The average Bonchev–Trinajstić information content (AvgIpc) is 2.73. The maximum atomic E-state index is 6.23. The van der Waals surface area contributed by atoms with Crippen molar-refractivity contribution in [2.45, 2.75) is 53.4 Å². The molecule has 0 spiro atoms. The first kappa shape index (κ1) is 24.2. The van der Waals surface area contributed by atoms with Gasteiger partial charge >= 0.3 is 0 Å². The van der Waals surface area contributed by atoms with Gasteiger partial charge in [-0.15, -0.1) is 0 Å². The van der Waals surface area contributed by atoms with Crippen molar-refractivity contribution in [3.63, 3.8) is 0 Å². The molecule has 0 aliphatic rings. The van der Waals surface area contributed by atoms with Crippen molar-refractivity contribution in [1.29, 1.82) is 0 Å². The number of benzene rings is 2. The zero-order valence-electron chi connectivity index (χ0n) is 19.4. The summed E-state index contributed by atoms with van der Waals surface area (Å²) in [5.41, 5.74) is 7.34. The Balaban J connectivity index is 1.99. The van der Waals surface area contributed by atoms with Crippen molar-refractivity contribution in [2.24, 2.45) is 9.98 Å². The van der Waals surface area contributed by atoms with Crippen LogP contribution in [0, 0.1) is 0 Å². The van der Waals surface area contributed by atoms with Crippen LogP contribution in [0.1, 0.15) is 75.9 Å². The summed E-state index contributed by atoms with van der Waals surface area (Å²) >= 11 is 12.5. The molecule has 0 bridgehead atoms. The van der Waals surface area contributed by atoms with E-state index >= 15 is 0 Å². The molecule has 0 amide bonds. The highest BCUT2D eigenvalue weighted by atomic mass is 35.5. The molecular formula is C27H29Cl2N3. The Labute approximate surface area is 201 Å². The molecule has 1 aromatic heterocycles. The number of aromatic nitrogens is 1. The Hall–Kier alpha value is -2.49. The molecule has 0 saturated carbocycles. The lowest BCUT2D eigenvalue weighted by molar-refractivity contribution is 0.867. The van der Waals surface area contributed by atoms with Crippen molar-refractivity contribution in [3.05, 3.63) is 87.2 Å². The molecule has 0 fully saturated rings. The first-order chi connectivity index (χ1) is 15.2. The fourth-order valence-corrected chi connectivity index (χ4v) is 3.85. The van der Waals surface area contributed by atoms with Crippen LogP contribution in [0.15, 0.2) is 64.6 Å². The van der Waals surface area contributed by atoms with Gasteiger partial charge in [0.25, 0.3) is 0 Å². The third-order valence-corrected chi connectivity index (χ3v) is 5.77. The summed E-state index contributed by atoms with van der Waals surface area (Å²) in [7, 11) is 0. The third-order valence-electron chi connectivity index (χ3n) is 5.30. The highest BCUT2D eigenvalue weighted by Gasteiger charge is 2.11. The molecule has 5 heteroatoms. The van der Waals surface area contributed by atoms with E-state index in [1.807, 2.05) is 68.4 Å². The molecule has 0 aliphatic heterocycles. The molecule has 3 nitrogen and oxygen atoms in total. The lowest BCUT2D eigenvalue weighted by Crippen LogP contribution is -2.05. The zero-order valence-corrected chi connectivity index (χ0v) is 21.0. The van der Waals surface area contributed by atoms with Gasteiger partial charge in [-0.25, -0.2) is 4.98 Å². The largest absolute Gasteiger partial charge is 0.251 e. The fraction of sp³-hybridized carbons (Fsp3) is 0.296. The summed E-state index contributed by atoms with van der Waals surface area (Å²) in [6.07, 6.45) is 0. The van der Waals surface area contributed by atoms with E-state index in [2.05, 4.69) is 27.7 Å². The topological polar surface area (TPSA) is 37.6 Å². The van der Waals surface area contributed by atoms with Gasteiger partial charge in [0.1, 0.15) is 0 Å². The van der Waals surface area contributed by atoms with E-state index in [0.29, 0.717) is 21.9 Å². The van der Waals surface area contributed by atoms with Crippen molar-refractivity contribution in [2.75, 3.05) is 0 Å². The third kappa shape index (κ3) is 5.85. The molecule has 3 rings (SSSR count). The van der Waals surface area contributed by atoms with Gasteiger partial charge < -0.3 is 0 Å². The number of hydrogen-bond acceptors (Lipinski definition) is 3. The van der Waals surface area contributed by atoms with Gasteiger partial charge in [0.15, 0.2) is 0 Å². The quantitative estimate of drug-likeness (QED) is 0.334. The van der Waals surface area contributed by atoms with E-state index in [1.54, 1.807) is 0 Å². The van der Waals surface area contributed by atoms with Crippen LogP contribution in [0.5, 0.6) is 0 Å². The Bertz CT molecular complexity index is 1090. The number of pyridine rings is 1. The summed E-state index contributed by atoms with van der Waals surface area (Å²) < 4.78 is 0. The van der Waals surface area contributed by atoms with E-state index in [1.165, 1.54) is 0 Å². The van der Waals surface area contributed by atoms with Crippen LogP contribution in [0.25, 0.3) is 0 Å². The molecule has 0 saturated heterocycles. The SMILES string of the molecule is C/C(=N\c1cc(Cl)ccc1C(C)C)c1cccc(/C(C)=N/c2cc(Cl)ccc2C(C)C)n1. The van der Waals surface area contributed by atoms with Crippen LogP contribution in [0.3, 0.4) is 0 Å². The molecule has 0 atom stereocenters. The Morgan fingerprint density at radius 2 is 1.09 bits per heavy atom. The van der Waals surface area contributed by atoms with Crippen LogP contribution in [0.4, 0.5) is 11.4 Å². The van der Waals surface area contributed by atoms with Gasteiger partial charge in [-0.1, -0.05) is 69.1 Å². The van der Waals surface area contributed by atoms with E-state index < -0.39 is 0 Å². The zero-order chi connectivity index (χ0) is 23.4. The Kier molecular flexibility index (Phi) is 7.86. The van der Waals surface area contributed by atoms with Gasteiger partial charge in [0.05, 0.1) is 34.2 Å². The van der Waals surface area contributed by atoms with Crippen molar-refractivity contribution < 1.29 is 0 Å². The van der Waals surface area contributed by atoms with Crippen LogP contribution in [0.2, 0.25) is 10.0 Å². The lowest BCUT2D eigenvalue weighted by Gasteiger charge is -2.12. The van der Waals surface area contributed by atoms with Crippen LogP contribution >= 0.6 is 23.2 Å². The second-order valence-corrected chi connectivity index (χ2v) is 9.39. The molecule has 0 aliphatic carbocycles. The lowest BCUT2D eigenvalue weighted by atomic mass is 10.0. The normalized spacial score (nSPS) is 12.7. The van der Waals surface area contributed by atoms with E-state index in [4.69, 9.17) is 38.2 Å². The monoisotopic (exact) mass is 465 g/mol. The Morgan fingerprint density at radius 3 is 1.47 bits per heavy atom. The van der Waals surface area contributed by atoms with Gasteiger partial charge in [-0.3, -0.25) is 9.98 Å². The standard InChI is InChI=1S/C27H29Cl2N3/c1-16(2)22-12-10-20(28)14-26(22)30-18(5)24-8-7-9-25(32-24)19(6)31-27-15-21(29)11-13-23(27)17(3)4/h7-17H,1-6H3/b30-18+,31-19+. The van der Waals surface area contributed by atoms with Crippen LogP contribution < -0.4 is 0 Å². The van der Waals surface area contributed by atoms with Crippen LogP contribution in [-0.2, 0) is 0 Å². The molecule has 2 aromatic carbocycles. The van der Waals surface area contributed by atoms with Crippen LogP contribution in [-0.4, -0.2) is 16.4 Å². The maximum absolute atomic E-state index is 6.23. The number of hydrogen-bond donors (Lipinski definition) is 0. The average molecular weight is 466 g/mol. The summed E-state index contributed by atoms with van der Waals surface area (Å²) in [5.74, 6) is 0.695. The highest BCUT2D eigenvalue weighted by Crippen LogP contribution is 2.31. The number of halogens is 2. The fourth-order valence-electron chi connectivity index (χ4n) is 3.52. The summed E-state index contributed by atoms with van der Waals surface area (Å²) in [6.45, 7) is 12.5. The first-order valence-corrected chi connectivity index (χ1v) is 11.6. The summed E-state index contributed by atoms with van der Waals surface area (Å²) in [6, 6.07) is 17.6. The molecule has 0 unspecified atom stereocenters. The minimum atomic E-state index is 0.348.